The summed E-state index contributed by atoms with van der Waals surface area (Å²) in [6, 6.07) is 9.53. The molecule has 3 nitrogen and oxygen atoms in total. The fourth-order valence-corrected chi connectivity index (χ4v) is 2.06. The predicted octanol–water partition coefficient (Wildman–Crippen LogP) is 1.49. The summed E-state index contributed by atoms with van der Waals surface area (Å²) in [5, 5.41) is 18.6. The van der Waals surface area contributed by atoms with Crippen molar-refractivity contribution in [2.45, 2.75) is 6.92 Å². The molecule has 5 heteroatoms. The molecule has 98 valence electrons. The van der Waals surface area contributed by atoms with Gasteiger partial charge < -0.3 is 14.8 Å². The van der Waals surface area contributed by atoms with E-state index in [0.29, 0.717) is 11.2 Å². The molecule has 2 N–H and O–H groups in total. The first-order chi connectivity index (χ1) is 9.02. The lowest BCUT2D eigenvalue weighted by molar-refractivity contribution is 0.403. The van der Waals surface area contributed by atoms with Crippen LogP contribution in [0.3, 0.4) is 0 Å². The van der Waals surface area contributed by atoms with E-state index in [4.69, 9.17) is 4.74 Å². The zero-order valence-electron chi connectivity index (χ0n) is 10.7. The molecule has 0 heterocycles. The van der Waals surface area contributed by atoms with Crippen molar-refractivity contribution in [1.29, 1.82) is 0 Å². The van der Waals surface area contributed by atoms with Crippen LogP contribution in [0, 0.1) is 12.7 Å². The summed E-state index contributed by atoms with van der Waals surface area (Å²) >= 11 is 0. The minimum Gasteiger partial charge on any atom is -0.497 e. The van der Waals surface area contributed by atoms with Crippen LogP contribution in [0.4, 0.5) is 4.39 Å². The molecule has 0 radical (unpaired) electrons. The molecular weight excluding hydrogens is 246 g/mol. The van der Waals surface area contributed by atoms with Gasteiger partial charge in [0.25, 0.3) is 0 Å². The first-order valence-electron chi connectivity index (χ1n) is 5.83. The highest BCUT2D eigenvalue weighted by Gasteiger charge is 2.19. The van der Waals surface area contributed by atoms with Crippen molar-refractivity contribution in [1.82, 2.24) is 0 Å². The first-order valence-corrected chi connectivity index (χ1v) is 5.83. The van der Waals surface area contributed by atoms with Crippen LogP contribution in [0.25, 0.3) is 11.1 Å². The predicted molar refractivity (Wildman–Crippen MR) is 73.0 cm³/mol. The molecule has 0 aromatic heterocycles. The first kappa shape index (κ1) is 13.6. The summed E-state index contributed by atoms with van der Waals surface area (Å²) in [7, 11) is -0.151. The highest BCUT2D eigenvalue weighted by Crippen LogP contribution is 2.27. The van der Waals surface area contributed by atoms with Gasteiger partial charge >= 0.3 is 7.12 Å². The molecule has 0 saturated heterocycles. The molecule has 0 bridgehead atoms. The van der Waals surface area contributed by atoms with Gasteiger partial charge in [-0.15, -0.1) is 0 Å². The van der Waals surface area contributed by atoms with Gasteiger partial charge in [0.2, 0.25) is 0 Å². The van der Waals surface area contributed by atoms with Gasteiger partial charge in [-0.25, -0.2) is 4.39 Å². The highest BCUT2D eigenvalue weighted by molar-refractivity contribution is 6.59. The van der Waals surface area contributed by atoms with E-state index in [-0.39, 0.29) is 5.82 Å². The van der Waals surface area contributed by atoms with E-state index >= 15 is 0 Å². The number of methoxy groups -OCH3 is 1. The van der Waals surface area contributed by atoms with E-state index in [1.807, 2.05) is 6.92 Å². The molecule has 0 atom stereocenters. The number of aryl methyl sites for hydroxylation is 1. The highest BCUT2D eigenvalue weighted by atomic mass is 19.1. The second-order valence-corrected chi connectivity index (χ2v) is 4.29. The summed E-state index contributed by atoms with van der Waals surface area (Å²) in [6.45, 7) is 1.82. The van der Waals surface area contributed by atoms with Crippen LogP contribution in [0.15, 0.2) is 36.4 Å². The normalized spacial score (nSPS) is 10.4. The molecule has 0 fully saturated rings. The monoisotopic (exact) mass is 260 g/mol. The van der Waals surface area contributed by atoms with E-state index in [1.165, 1.54) is 19.2 Å². The standard InChI is InChI=1S/C14H14BFO3/c1-9-6-13(15(17)18)14(19-2)8-12(9)10-4-3-5-11(16)7-10/h3-8,17-18H,1-2H3. The molecule has 0 spiro atoms. The van der Waals surface area contributed by atoms with Crippen LogP contribution in [-0.2, 0) is 0 Å². The van der Waals surface area contributed by atoms with Gasteiger partial charge in [0.15, 0.2) is 0 Å². The van der Waals surface area contributed by atoms with E-state index in [0.717, 1.165) is 16.7 Å². The molecule has 0 aliphatic rings. The van der Waals surface area contributed by atoms with Crippen molar-refractivity contribution in [3.8, 4) is 16.9 Å². The Bertz CT molecular complexity index is 599. The van der Waals surface area contributed by atoms with Gasteiger partial charge in [0.05, 0.1) is 7.11 Å². The average Bonchev–Trinajstić information content (AvgIpc) is 2.38. The Balaban J connectivity index is 2.59. The van der Waals surface area contributed by atoms with Gasteiger partial charge in [-0.1, -0.05) is 18.2 Å². The minimum atomic E-state index is -1.60. The summed E-state index contributed by atoms with van der Waals surface area (Å²) in [5.41, 5.74) is 2.62. The molecule has 0 unspecified atom stereocenters. The van der Waals surface area contributed by atoms with Crippen molar-refractivity contribution in [2.75, 3.05) is 7.11 Å². The van der Waals surface area contributed by atoms with Crippen LogP contribution in [0.5, 0.6) is 5.75 Å². The molecule has 0 aliphatic heterocycles. The van der Waals surface area contributed by atoms with Crippen LogP contribution in [0.1, 0.15) is 5.56 Å². The molecule has 19 heavy (non-hydrogen) atoms. The Morgan fingerprint density at radius 3 is 2.47 bits per heavy atom. The third-order valence-electron chi connectivity index (χ3n) is 2.99. The third kappa shape index (κ3) is 2.77. The maximum atomic E-state index is 13.3. The van der Waals surface area contributed by atoms with Crippen molar-refractivity contribution < 1.29 is 19.2 Å². The van der Waals surface area contributed by atoms with Gasteiger partial charge in [-0.2, -0.15) is 0 Å². The van der Waals surface area contributed by atoms with Crippen molar-refractivity contribution >= 4 is 12.6 Å². The Morgan fingerprint density at radius 2 is 1.89 bits per heavy atom. The van der Waals surface area contributed by atoms with Crippen molar-refractivity contribution in [2.24, 2.45) is 0 Å². The van der Waals surface area contributed by atoms with E-state index in [2.05, 4.69) is 0 Å². The van der Waals surface area contributed by atoms with Gasteiger partial charge in [-0.3, -0.25) is 0 Å². The Kier molecular flexibility index (Phi) is 3.88. The number of rotatable bonds is 3. The molecule has 2 rings (SSSR count). The topological polar surface area (TPSA) is 49.7 Å². The van der Waals surface area contributed by atoms with Crippen LogP contribution >= 0.6 is 0 Å². The lowest BCUT2D eigenvalue weighted by Gasteiger charge is -2.13. The largest absolute Gasteiger partial charge is 0.497 e. The SMILES string of the molecule is COc1cc(-c2cccc(F)c2)c(C)cc1B(O)O. The van der Waals surface area contributed by atoms with Crippen LogP contribution < -0.4 is 10.2 Å². The van der Waals surface area contributed by atoms with E-state index < -0.39 is 7.12 Å². The molecule has 0 amide bonds. The average molecular weight is 260 g/mol. The Labute approximate surface area is 111 Å². The van der Waals surface area contributed by atoms with Gasteiger partial charge in [0.1, 0.15) is 11.6 Å². The number of ether oxygens (including phenoxy) is 1. The summed E-state index contributed by atoms with van der Waals surface area (Å²) in [4.78, 5) is 0. The summed E-state index contributed by atoms with van der Waals surface area (Å²) in [5.74, 6) is 0.0435. The number of hydrogen-bond acceptors (Lipinski definition) is 3. The molecule has 0 saturated carbocycles. The van der Waals surface area contributed by atoms with E-state index in [9.17, 15) is 14.4 Å². The Morgan fingerprint density at radius 1 is 1.16 bits per heavy atom. The third-order valence-corrected chi connectivity index (χ3v) is 2.99. The number of benzene rings is 2. The molecule has 0 aliphatic carbocycles. The van der Waals surface area contributed by atoms with Crippen LogP contribution in [-0.4, -0.2) is 24.3 Å². The zero-order valence-corrected chi connectivity index (χ0v) is 10.7. The van der Waals surface area contributed by atoms with Crippen LogP contribution in [0.2, 0.25) is 0 Å². The second kappa shape index (κ2) is 5.42. The maximum Gasteiger partial charge on any atom is 0.492 e. The molecular formula is C14H14BFO3. The van der Waals surface area contributed by atoms with Crippen molar-refractivity contribution in [3.05, 3.63) is 47.8 Å². The summed E-state index contributed by atoms with van der Waals surface area (Å²) in [6.07, 6.45) is 0. The number of hydrogen-bond donors (Lipinski definition) is 2. The number of halogens is 1. The molecule has 2 aromatic carbocycles. The van der Waals surface area contributed by atoms with Gasteiger partial charge in [-0.05, 0) is 41.8 Å². The zero-order chi connectivity index (χ0) is 14.0. The van der Waals surface area contributed by atoms with E-state index in [1.54, 1.807) is 24.3 Å². The fourth-order valence-electron chi connectivity index (χ4n) is 2.06. The quantitative estimate of drug-likeness (QED) is 0.822. The second-order valence-electron chi connectivity index (χ2n) is 4.29. The lowest BCUT2D eigenvalue weighted by atomic mass is 9.77. The Hall–Kier alpha value is -1.85. The van der Waals surface area contributed by atoms with Crippen molar-refractivity contribution in [3.63, 3.8) is 0 Å². The fraction of sp³-hybridized carbons (Fsp3) is 0.143. The molecule has 2 aromatic rings. The lowest BCUT2D eigenvalue weighted by Crippen LogP contribution is -2.31. The minimum absolute atomic E-state index is 0.292. The summed E-state index contributed by atoms with van der Waals surface area (Å²) < 4.78 is 18.4. The maximum absolute atomic E-state index is 13.3. The van der Waals surface area contributed by atoms with Gasteiger partial charge in [0, 0.05) is 5.46 Å². The smallest absolute Gasteiger partial charge is 0.492 e.